The molecule has 0 saturated heterocycles. The van der Waals surface area contributed by atoms with E-state index >= 15 is 0 Å². The molecule has 2 aromatic rings. The third-order valence-corrected chi connectivity index (χ3v) is 2.97. The Bertz CT molecular complexity index is 684. The average Bonchev–Trinajstić information content (AvgIpc) is 2.59. The molecule has 8 nitrogen and oxygen atoms in total. The Kier molecular flexibility index (Phi) is 5.91. The molecular weight excluding hydrogens is 314 g/mol. The molecule has 8 heteroatoms. The highest BCUT2D eigenvalue weighted by molar-refractivity contribution is 5.96. The van der Waals surface area contributed by atoms with E-state index in [0.717, 1.165) is 0 Å². The second-order valence-corrected chi connectivity index (χ2v) is 4.89. The van der Waals surface area contributed by atoms with Crippen molar-refractivity contribution in [3.05, 3.63) is 35.9 Å². The summed E-state index contributed by atoms with van der Waals surface area (Å²) < 4.78 is 15.7. The number of amides is 1. The zero-order valence-corrected chi connectivity index (χ0v) is 13.6. The maximum Gasteiger partial charge on any atom is 0.328 e. The summed E-state index contributed by atoms with van der Waals surface area (Å²) in [6, 6.07) is 8.14. The quantitative estimate of drug-likeness (QED) is 0.789. The Morgan fingerprint density at radius 3 is 2.42 bits per heavy atom. The summed E-state index contributed by atoms with van der Waals surface area (Å²) in [6.07, 6.45) is -0.645. The molecule has 0 aliphatic rings. The van der Waals surface area contributed by atoms with Gasteiger partial charge in [-0.25, -0.2) is 0 Å². The number of carbonyl (C=O) groups excluding carboxylic acids is 1. The van der Waals surface area contributed by atoms with Gasteiger partial charge in [0.1, 0.15) is 5.75 Å². The second-order valence-electron chi connectivity index (χ2n) is 4.89. The minimum atomic E-state index is -0.645. The Morgan fingerprint density at radius 1 is 1.21 bits per heavy atom. The summed E-state index contributed by atoms with van der Waals surface area (Å²) in [7, 11) is 2.92. The molecule has 2 N–H and O–H groups in total. The van der Waals surface area contributed by atoms with Gasteiger partial charge in [-0.2, -0.15) is 9.97 Å². The van der Waals surface area contributed by atoms with E-state index in [9.17, 15) is 9.90 Å². The third-order valence-electron chi connectivity index (χ3n) is 2.97. The van der Waals surface area contributed by atoms with Crippen LogP contribution < -0.4 is 19.5 Å². The molecule has 0 saturated carbocycles. The molecule has 0 bridgehead atoms. The topological polar surface area (TPSA) is 103 Å². The van der Waals surface area contributed by atoms with Gasteiger partial charge in [-0.05, 0) is 19.1 Å². The summed E-state index contributed by atoms with van der Waals surface area (Å²) in [6.45, 7) is 1.72. The monoisotopic (exact) mass is 333 g/mol. The molecule has 128 valence electrons. The van der Waals surface area contributed by atoms with Crippen LogP contribution in [0.3, 0.4) is 0 Å². The molecule has 2 rings (SSSR count). The number of carbonyl (C=O) groups is 1. The first kappa shape index (κ1) is 17.5. The standard InChI is InChI=1S/C16H19N3O5/c1-10(20)9-17-15(21)11-6-4-5-7-12(11)24-16-18-13(22-2)8-14(19-16)23-3/h4-8,10,20H,9H2,1-3H3,(H,17,21)/t10-/m1/s1. The molecule has 0 spiro atoms. The molecule has 1 aromatic carbocycles. The van der Waals surface area contributed by atoms with Crippen molar-refractivity contribution in [1.29, 1.82) is 0 Å². The van der Waals surface area contributed by atoms with Gasteiger partial charge in [-0.15, -0.1) is 0 Å². The molecule has 1 heterocycles. The van der Waals surface area contributed by atoms with Crippen molar-refractivity contribution in [3.63, 3.8) is 0 Å². The van der Waals surface area contributed by atoms with Crippen LogP contribution in [0.4, 0.5) is 0 Å². The van der Waals surface area contributed by atoms with Gasteiger partial charge < -0.3 is 24.6 Å². The summed E-state index contributed by atoms with van der Waals surface area (Å²) in [5.41, 5.74) is 0.295. The number of methoxy groups -OCH3 is 2. The highest BCUT2D eigenvalue weighted by Crippen LogP contribution is 2.26. The summed E-state index contributed by atoms with van der Waals surface area (Å²) in [4.78, 5) is 20.3. The smallest absolute Gasteiger partial charge is 0.328 e. The molecule has 0 aliphatic heterocycles. The number of nitrogens with zero attached hydrogens (tertiary/aromatic N) is 2. The van der Waals surface area contributed by atoms with E-state index in [0.29, 0.717) is 5.56 Å². The predicted molar refractivity (Wildman–Crippen MR) is 85.7 cm³/mol. The molecule has 0 radical (unpaired) electrons. The molecule has 0 aliphatic carbocycles. The number of para-hydroxylation sites is 1. The fourth-order valence-electron chi connectivity index (χ4n) is 1.82. The van der Waals surface area contributed by atoms with Crippen LogP contribution in [0.15, 0.2) is 30.3 Å². The van der Waals surface area contributed by atoms with E-state index < -0.39 is 6.10 Å². The number of benzene rings is 1. The molecule has 24 heavy (non-hydrogen) atoms. The number of nitrogens with one attached hydrogen (secondary N) is 1. The molecule has 1 aromatic heterocycles. The van der Waals surface area contributed by atoms with Gasteiger partial charge in [0.25, 0.3) is 5.91 Å². The van der Waals surface area contributed by atoms with E-state index in [2.05, 4.69) is 15.3 Å². The van der Waals surface area contributed by atoms with Gasteiger partial charge in [-0.3, -0.25) is 4.79 Å². The zero-order valence-electron chi connectivity index (χ0n) is 13.6. The first-order chi connectivity index (χ1) is 11.5. The number of ether oxygens (including phenoxy) is 3. The number of rotatable bonds is 7. The largest absolute Gasteiger partial charge is 0.481 e. The van der Waals surface area contributed by atoms with Gasteiger partial charge in [0.05, 0.1) is 32.0 Å². The molecule has 0 unspecified atom stereocenters. The molecular formula is C16H19N3O5. The first-order valence-electron chi connectivity index (χ1n) is 7.23. The van der Waals surface area contributed by atoms with Crippen molar-refractivity contribution in [2.24, 2.45) is 0 Å². The van der Waals surface area contributed by atoms with Crippen LogP contribution in [0.5, 0.6) is 23.5 Å². The number of aliphatic hydroxyl groups is 1. The Balaban J connectivity index is 2.25. The molecule has 1 atom stereocenters. The summed E-state index contributed by atoms with van der Waals surface area (Å²) in [5.74, 6) is 0.443. The van der Waals surface area contributed by atoms with E-state index in [1.54, 1.807) is 31.2 Å². The maximum atomic E-state index is 12.2. The predicted octanol–water partition coefficient (Wildman–Crippen LogP) is 1.40. The minimum absolute atomic E-state index is 0.0121. The van der Waals surface area contributed by atoms with Crippen LogP contribution in [-0.2, 0) is 0 Å². The highest BCUT2D eigenvalue weighted by Gasteiger charge is 2.15. The van der Waals surface area contributed by atoms with Crippen LogP contribution in [-0.4, -0.2) is 47.8 Å². The Labute approximate surface area is 139 Å². The molecule has 0 fully saturated rings. The van der Waals surface area contributed by atoms with Gasteiger partial charge in [-0.1, -0.05) is 12.1 Å². The van der Waals surface area contributed by atoms with Crippen LogP contribution in [0.25, 0.3) is 0 Å². The van der Waals surface area contributed by atoms with Crippen molar-refractivity contribution < 1.29 is 24.1 Å². The zero-order chi connectivity index (χ0) is 17.5. The van der Waals surface area contributed by atoms with E-state index in [-0.39, 0.29) is 36.0 Å². The van der Waals surface area contributed by atoms with Crippen LogP contribution >= 0.6 is 0 Å². The lowest BCUT2D eigenvalue weighted by Crippen LogP contribution is -2.30. The normalized spacial score (nSPS) is 11.5. The number of aromatic nitrogens is 2. The van der Waals surface area contributed by atoms with E-state index in [4.69, 9.17) is 14.2 Å². The van der Waals surface area contributed by atoms with Crippen LogP contribution in [0.1, 0.15) is 17.3 Å². The summed E-state index contributed by atoms with van der Waals surface area (Å²) >= 11 is 0. The van der Waals surface area contributed by atoms with Crippen molar-refractivity contribution >= 4 is 5.91 Å². The van der Waals surface area contributed by atoms with E-state index in [1.807, 2.05) is 0 Å². The van der Waals surface area contributed by atoms with Crippen LogP contribution in [0.2, 0.25) is 0 Å². The number of aliphatic hydroxyl groups excluding tert-OH is 1. The second kappa shape index (κ2) is 8.11. The SMILES string of the molecule is COc1cc(OC)nc(Oc2ccccc2C(=O)NC[C@@H](C)O)n1. The van der Waals surface area contributed by atoms with Crippen LogP contribution in [0, 0.1) is 0 Å². The first-order valence-corrected chi connectivity index (χ1v) is 7.23. The maximum absolute atomic E-state index is 12.2. The lowest BCUT2D eigenvalue weighted by molar-refractivity contribution is 0.0921. The average molecular weight is 333 g/mol. The van der Waals surface area contributed by atoms with Crippen molar-refractivity contribution in [1.82, 2.24) is 15.3 Å². The molecule has 1 amide bonds. The van der Waals surface area contributed by atoms with Crippen molar-refractivity contribution in [2.75, 3.05) is 20.8 Å². The van der Waals surface area contributed by atoms with E-state index in [1.165, 1.54) is 20.3 Å². The van der Waals surface area contributed by atoms with Gasteiger partial charge in [0.2, 0.25) is 11.8 Å². The number of hydrogen-bond acceptors (Lipinski definition) is 7. The summed E-state index contributed by atoms with van der Waals surface area (Å²) in [5, 5.41) is 11.9. The minimum Gasteiger partial charge on any atom is -0.481 e. The Morgan fingerprint density at radius 2 is 1.83 bits per heavy atom. The number of hydrogen-bond donors (Lipinski definition) is 2. The fraction of sp³-hybridized carbons (Fsp3) is 0.312. The van der Waals surface area contributed by atoms with Crippen molar-refractivity contribution in [3.8, 4) is 23.5 Å². The third kappa shape index (κ3) is 4.56. The van der Waals surface area contributed by atoms with Gasteiger partial charge in [0, 0.05) is 6.54 Å². The lowest BCUT2D eigenvalue weighted by atomic mass is 10.2. The van der Waals surface area contributed by atoms with Gasteiger partial charge in [0.15, 0.2) is 0 Å². The van der Waals surface area contributed by atoms with Gasteiger partial charge >= 0.3 is 6.01 Å². The fourth-order valence-corrected chi connectivity index (χ4v) is 1.82. The lowest BCUT2D eigenvalue weighted by Gasteiger charge is -2.12. The highest BCUT2D eigenvalue weighted by atomic mass is 16.5. The van der Waals surface area contributed by atoms with Crippen molar-refractivity contribution in [2.45, 2.75) is 13.0 Å². The Hall–Kier alpha value is -2.87.